The number of nitrogens with zero attached hydrogens (tertiary/aromatic N) is 2. The van der Waals surface area contributed by atoms with E-state index in [0.717, 1.165) is 4.90 Å². The van der Waals surface area contributed by atoms with Crippen molar-refractivity contribution in [1.82, 2.24) is 9.80 Å². The van der Waals surface area contributed by atoms with Gasteiger partial charge in [0.1, 0.15) is 6.04 Å². The van der Waals surface area contributed by atoms with E-state index in [9.17, 15) is 19.2 Å². The molecule has 8 heteroatoms. The first-order valence-electron chi connectivity index (χ1n) is 8.00. The largest absolute Gasteiger partial charge is 0.442 e. The number of fused-ring (bicyclic) bond motifs is 2. The summed E-state index contributed by atoms with van der Waals surface area (Å²) in [7, 11) is 0. The maximum atomic E-state index is 12.4. The van der Waals surface area contributed by atoms with Gasteiger partial charge in [0.2, 0.25) is 5.91 Å². The molecular formula is C17H16N2O5S. The Kier molecular flexibility index (Phi) is 3.61. The quantitative estimate of drug-likeness (QED) is 0.596. The molecule has 0 unspecified atom stereocenters. The lowest BCUT2D eigenvalue weighted by atomic mass is 10.1. The van der Waals surface area contributed by atoms with Crippen molar-refractivity contribution >= 4 is 35.5 Å². The van der Waals surface area contributed by atoms with Gasteiger partial charge in [0.05, 0.1) is 16.0 Å². The molecule has 1 aromatic carbocycles. The summed E-state index contributed by atoms with van der Waals surface area (Å²) in [5, 5.41) is 0. The van der Waals surface area contributed by atoms with E-state index >= 15 is 0 Å². The number of ether oxygens (including phenoxy) is 1. The molecular weight excluding hydrogens is 344 g/mol. The highest BCUT2D eigenvalue weighted by molar-refractivity contribution is 8.01. The molecule has 2 atom stereocenters. The van der Waals surface area contributed by atoms with Crippen molar-refractivity contribution in [3.8, 4) is 0 Å². The van der Waals surface area contributed by atoms with Gasteiger partial charge in [-0.05, 0) is 25.5 Å². The summed E-state index contributed by atoms with van der Waals surface area (Å²) in [5.74, 6) is -1.13. The van der Waals surface area contributed by atoms with Crippen LogP contribution in [0.15, 0.2) is 24.3 Å². The molecule has 0 bridgehead atoms. The van der Waals surface area contributed by atoms with Crippen molar-refractivity contribution in [3.05, 3.63) is 35.4 Å². The molecule has 0 aromatic heterocycles. The zero-order valence-corrected chi connectivity index (χ0v) is 14.4. The first kappa shape index (κ1) is 16.1. The Morgan fingerprint density at radius 2 is 1.88 bits per heavy atom. The number of thioether (sulfide) groups is 1. The zero-order chi connectivity index (χ0) is 17.8. The Balaban J connectivity index is 1.44. The molecule has 0 N–H and O–H groups in total. The number of carbonyl (C=O) groups is 4. The molecule has 3 aliphatic rings. The number of amides is 3. The number of hydrogen-bond acceptors (Lipinski definition) is 6. The van der Waals surface area contributed by atoms with Crippen molar-refractivity contribution in [2.45, 2.75) is 30.7 Å². The van der Waals surface area contributed by atoms with Crippen LogP contribution in [0.25, 0.3) is 0 Å². The van der Waals surface area contributed by atoms with Crippen LogP contribution in [0, 0.1) is 0 Å². The van der Waals surface area contributed by atoms with Crippen LogP contribution in [0.4, 0.5) is 0 Å². The standard InChI is InChI=1S/C17H16N2O5S/c1-17-7-6-13(20)19(17)12(8-25-17)16(23)24-9-18-14(21)10-4-2-3-5-11(10)15(18)22/h2-5,12H,6-9H2,1H3/t12-,17-/m1/s1. The second-order valence-corrected chi connectivity index (χ2v) is 7.94. The molecule has 0 saturated carbocycles. The predicted molar refractivity (Wildman–Crippen MR) is 88.6 cm³/mol. The number of carbonyl (C=O) groups excluding carboxylic acids is 4. The van der Waals surface area contributed by atoms with Crippen LogP contribution in [0.5, 0.6) is 0 Å². The fraction of sp³-hybridized carbons (Fsp3) is 0.412. The molecule has 25 heavy (non-hydrogen) atoms. The van der Waals surface area contributed by atoms with Gasteiger partial charge < -0.3 is 9.64 Å². The Hall–Kier alpha value is -2.35. The van der Waals surface area contributed by atoms with E-state index in [2.05, 4.69) is 0 Å². The molecule has 130 valence electrons. The number of hydrogen-bond donors (Lipinski definition) is 0. The third-order valence-electron chi connectivity index (χ3n) is 4.93. The van der Waals surface area contributed by atoms with Crippen molar-refractivity contribution in [3.63, 3.8) is 0 Å². The van der Waals surface area contributed by atoms with Gasteiger partial charge in [-0.3, -0.25) is 14.4 Å². The molecule has 0 spiro atoms. The molecule has 0 radical (unpaired) electrons. The number of benzene rings is 1. The minimum Gasteiger partial charge on any atom is -0.442 e. The minimum atomic E-state index is -0.666. The van der Waals surface area contributed by atoms with E-state index < -0.39 is 30.6 Å². The fourth-order valence-corrected chi connectivity index (χ4v) is 4.99. The lowest BCUT2D eigenvalue weighted by Gasteiger charge is -2.29. The van der Waals surface area contributed by atoms with Gasteiger partial charge in [-0.2, -0.15) is 0 Å². The Bertz CT molecular complexity index is 775. The molecule has 1 aromatic rings. The molecule has 0 aliphatic carbocycles. The van der Waals surface area contributed by atoms with E-state index in [-0.39, 0.29) is 10.8 Å². The van der Waals surface area contributed by atoms with Crippen LogP contribution >= 0.6 is 11.8 Å². The van der Waals surface area contributed by atoms with Crippen molar-refractivity contribution < 1.29 is 23.9 Å². The lowest BCUT2D eigenvalue weighted by Crippen LogP contribution is -2.47. The molecule has 3 amide bonds. The summed E-state index contributed by atoms with van der Waals surface area (Å²) in [6.45, 7) is 1.51. The van der Waals surface area contributed by atoms with Crippen LogP contribution in [-0.4, -0.2) is 56.9 Å². The van der Waals surface area contributed by atoms with Crippen molar-refractivity contribution in [1.29, 1.82) is 0 Å². The third-order valence-corrected chi connectivity index (χ3v) is 6.44. The molecule has 7 nitrogen and oxygen atoms in total. The van der Waals surface area contributed by atoms with Gasteiger partial charge in [0, 0.05) is 12.2 Å². The number of esters is 1. The number of imide groups is 1. The molecule has 2 fully saturated rings. The third kappa shape index (κ3) is 2.35. The lowest BCUT2D eigenvalue weighted by molar-refractivity contribution is -0.155. The summed E-state index contributed by atoms with van der Waals surface area (Å²) >= 11 is 1.56. The summed E-state index contributed by atoms with van der Waals surface area (Å²) in [5.41, 5.74) is 0.615. The highest BCUT2D eigenvalue weighted by Crippen LogP contribution is 2.47. The molecule has 4 rings (SSSR count). The predicted octanol–water partition coefficient (Wildman–Crippen LogP) is 1.24. The van der Waals surface area contributed by atoms with E-state index in [4.69, 9.17) is 4.74 Å². The summed E-state index contributed by atoms with van der Waals surface area (Å²) in [6, 6.07) is 5.82. The average Bonchev–Trinajstić information content (AvgIpc) is 3.18. The molecule has 3 heterocycles. The van der Waals surface area contributed by atoms with Crippen LogP contribution in [0.3, 0.4) is 0 Å². The normalized spacial score (nSPS) is 27.7. The Morgan fingerprint density at radius 1 is 1.24 bits per heavy atom. The van der Waals surface area contributed by atoms with E-state index in [0.29, 0.717) is 29.7 Å². The summed E-state index contributed by atoms with van der Waals surface area (Å²) in [6.07, 6.45) is 1.13. The first-order valence-corrected chi connectivity index (χ1v) is 8.99. The van der Waals surface area contributed by atoms with Gasteiger partial charge in [-0.1, -0.05) is 12.1 Å². The second kappa shape index (κ2) is 5.59. The van der Waals surface area contributed by atoms with Crippen molar-refractivity contribution in [2.75, 3.05) is 12.5 Å². The van der Waals surface area contributed by atoms with Crippen LogP contribution in [-0.2, 0) is 14.3 Å². The van der Waals surface area contributed by atoms with Gasteiger partial charge in [-0.25, -0.2) is 9.69 Å². The maximum absolute atomic E-state index is 12.4. The highest BCUT2D eigenvalue weighted by Gasteiger charge is 2.53. The van der Waals surface area contributed by atoms with Gasteiger partial charge in [-0.15, -0.1) is 11.8 Å². The highest BCUT2D eigenvalue weighted by atomic mass is 32.2. The zero-order valence-electron chi connectivity index (χ0n) is 13.6. The second-order valence-electron chi connectivity index (χ2n) is 6.44. The van der Waals surface area contributed by atoms with Crippen LogP contribution in [0.2, 0.25) is 0 Å². The summed E-state index contributed by atoms with van der Waals surface area (Å²) in [4.78, 5) is 51.2. The van der Waals surface area contributed by atoms with Crippen LogP contribution in [0.1, 0.15) is 40.5 Å². The molecule has 3 aliphatic heterocycles. The van der Waals surface area contributed by atoms with E-state index in [1.54, 1.807) is 40.9 Å². The van der Waals surface area contributed by atoms with Gasteiger partial charge in [0.15, 0.2) is 6.73 Å². The minimum absolute atomic E-state index is 0.0600. The Morgan fingerprint density at radius 3 is 2.52 bits per heavy atom. The van der Waals surface area contributed by atoms with Gasteiger partial charge in [0.25, 0.3) is 11.8 Å². The SMILES string of the molecule is C[C@@]12CCC(=O)N1[C@@H](C(=O)OCN1C(=O)c3ccccc3C1=O)CS2. The monoisotopic (exact) mass is 360 g/mol. The number of rotatable bonds is 3. The first-order chi connectivity index (χ1) is 11.9. The van der Waals surface area contributed by atoms with Crippen molar-refractivity contribution in [2.24, 2.45) is 0 Å². The molecule has 2 saturated heterocycles. The van der Waals surface area contributed by atoms with Gasteiger partial charge >= 0.3 is 5.97 Å². The Labute approximate surface area is 148 Å². The van der Waals surface area contributed by atoms with E-state index in [1.165, 1.54) is 0 Å². The smallest absolute Gasteiger partial charge is 0.331 e. The average molecular weight is 360 g/mol. The topological polar surface area (TPSA) is 84.0 Å². The van der Waals surface area contributed by atoms with Crippen LogP contribution < -0.4 is 0 Å². The fourth-order valence-electron chi connectivity index (χ4n) is 3.58. The van der Waals surface area contributed by atoms with E-state index in [1.807, 2.05) is 6.92 Å². The summed E-state index contributed by atoms with van der Waals surface area (Å²) < 4.78 is 5.22. The maximum Gasteiger partial charge on any atom is 0.331 e.